The number of rotatable bonds is 3. The molecule has 2 heterocycles. The molecule has 0 aliphatic carbocycles. The van der Waals surface area contributed by atoms with Gasteiger partial charge in [0, 0.05) is 12.4 Å². The molecule has 102 valence electrons. The van der Waals surface area contributed by atoms with E-state index < -0.39 is 0 Å². The standard InChI is InChI=1S/C15H15N3O2/c1-10-6-7-12(20-10)9-18(2)15(19)13-5-3-4-11-8-16-17-14(11)13/h3-8H,9H2,1-2H3,(H,16,17). The Hall–Kier alpha value is -2.56. The highest BCUT2D eigenvalue weighted by atomic mass is 16.3. The molecule has 0 radical (unpaired) electrons. The zero-order valence-corrected chi connectivity index (χ0v) is 11.4. The van der Waals surface area contributed by atoms with Crippen LogP contribution in [0.5, 0.6) is 0 Å². The summed E-state index contributed by atoms with van der Waals surface area (Å²) >= 11 is 0. The van der Waals surface area contributed by atoms with Crippen LogP contribution in [0, 0.1) is 6.92 Å². The Morgan fingerprint density at radius 2 is 2.20 bits per heavy atom. The monoisotopic (exact) mass is 269 g/mol. The molecular formula is C15H15N3O2. The minimum Gasteiger partial charge on any atom is -0.464 e. The van der Waals surface area contributed by atoms with Gasteiger partial charge >= 0.3 is 0 Å². The summed E-state index contributed by atoms with van der Waals surface area (Å²) in [5, 5.41) is 7.78. The van der Waals surface area contributed by atoms with Crippen molar-refractivity contribution in [3.05, 3.63) is 53.6 Å². The third kappa shape index (κ3) is 2.18. The Morgan fingerprint density at radius 3 is 2.95 bits per heavy atom. The molecule has 0 aliphatic heterocycles. The molecule has 0 bridgehead atoms. The van der Waals surface area contributed by atoms with Crippen LogP contribution in [0.1, 0.15) is 21.9 Å². The minimum atomic E-state index is -0.0612. The fourth-order valence-electron chi connectivity index (χ4n) is 2.23. The third-order valence-electron chi connectivity index (χ3n) is 3.24. The summed E-state index contributed by atoms with van der Waals surface area (Å²) in [6.45, 7) is 2.33. The summed E-state index contributed by atoms with van der Waals surface area (Å²) in [5.74, 6) is 1.56. The van der Waals surface area contributed by atoms with Gasteiger partial charge in [-0.3, -0.25) is 9.89 Å². The lowest BCUT2D eigenvalue weighted by Crippen LogP contribution is -2.26. The fourth-order valence-corrected chi connectivity index (χ4v) is 2.23. The van der Waals surface area contributed by atoms with Crippen LogP contribution in [0.4, 0.5) is 0 Å². The number of H-pyrrole nitrogens is 1. The van der Waals surface area contributed by atoms with Gasteiger partial charge in [-0.2, -0.15) is 5.10 Å². The van der Waals surface area contributed by atoms with Gasteiger partial charge in [-0.1, -0.05) is 12.1 Å². The molecule has 20 heavy (non-hydrogen) atoms. The molecule has 3 aromatic rings. The number of furan rings is 1. The topological polar surface area (TPSA) is 62.1 Å². The second-order valence-corrected chi connectivity index (χ2v) is 4.81. The first-order valence-corrected chi connectivity index (χ1v) is 6.38. The van der Waals surface area contributed by atoms with Crippen molar-refractivity contribution in [3.63, 3.8) is 0 Å². The number of benzene rings is 1. The number of para-hydroxylation sites is 1. The molecule has 0 aliphatic rings. The van der Waals surface area contributed by atoms with Crippen LogP contribution >= 0.6 is 0 Å². The van der Waals surface area contributed by atoms with Gasteiger partial charge in [-0.15, -0.1) is 0 Å². The van der Waals surface area contributed by atoms with E-state index in [0.29, 0.717) is 12.1 Å². The minimum absolute atomic E-state index is 0.0612. The first-order valence-electron chi connectivity index (χ1n) is 6.38. The van der Waals surface area contributed by atoms with E-state index in [1.165, 1.54) is 0 Å². The van der Waals surface area contributed by atoms with Crippen molar-refractivity contribution in [1.29, 1.82) is 0 Å². The van der Waals surface area contributed by atoms with Crippen LogP contribution in [-0.4, -0.2) is 28.1 Å². The number of aryl methyl sites for hydroxylation is 1. The van der Waals surface area contributed by atoms with E-state index in [2.05, 4.69) is 10.2 Å². The average Bonchev–Trinajstić information content (AvgIpc) is 3.06. The summed E-state index contributed by atoms with van der Waals surface area (Å²) in [7, 11) is 1.76. The molecule has 5 heteroatoms. The molecule has 0 spiro atoms. The summed E-state index contributed by atoms with van der Waals surface area (Å²) in [5.41, 5.74) is 1.38. The Balaban J connectivity index is 1.86. The maximum atomic E-state index is 12.5. The fraction of sp³-hybridized carbons (Fsp3) is 0.200. The van der Waals surface area contributed by atoms with Gasteiger partial charge in [0.05, 0.1) is 23.8 Å². The summed E-state index contributed by atoms with van der Waals surface area (Å²) in [4.78, 5) is 14.1. The Kier molecular flexibility index (Phi) is 3.02. The van der Waals surface area contributed by atoms with Crippen molar-refractivity contribution < 1.29 is 9.21 Å². The number of amides is 1. The zero-order chi connectivity index (χ0) is 14.1. The molecule has 0 atom stereocenters. The zero-order valence-electron chi connectivity index (χ0n) is 11.4. The Labute approximate surface area is 116 Å². The van der Waals surface area contributed by atoms with Crippen LogP contribution in [0.2, 0.25) is 0 Å². The highest BCUT2D eigenvalue weighted by Gasteiger charge is 2.16. The van der Waals surface area contributed by atoms with Gasteiger partial charge in [0.1, 0.15) is 11.5 Å². The van der Waals surface area contributed by atoms with E-state index in [9.17, 15) is 4.79 Å². The van der Waals surface area contributed by atoms with Crippen molar-refractivity contribution in [2.45, 2.75) is 13.5 Å². The molecule has 5 nitrogen and oxygen atoms in total. The molecule has 0 saturated carbocycles. The highest BCUT2D eigenvalue weighted by molar-refractivity contribution is 6.05. The number of nitrogens with one attached hydrogen (secondary N) is 1. The highest BCUT2D eigenvalue weighted by Crippen LogP contribution is 2.18. The molecule has 3 rings (SSSR count). The molecular weight excluding hydrogens is 254 g/mol. The van der Waals surface area contributed by atoms with E-state index in [1.807, 2.05) is 31.2 Å². The number of hydrogen-bond acceptors (Lipinski definition) is 3. The van der Waals surface area contributed by atoms with E-state index in [1.54, 1.807) is 24.2 Å². The molecule has 0 saturated heterocycles. The van der Waals surface area contributed by atoms with Crippen molar-refractivity contribution in [3.8, 4) is 0 Å². The predicted molar refractivity (Wildman–Crippen MR) is 75.3 cm³/mol. The van der Waals surface area contributed by atoms with Crippen LogP contribution in [-0.2, 0) is 6.54 Å². The first-order chi connectivity index (χ1) is 9.65. The average molecular weight is 269 g/mol. The van der Waals surface area contributed by atoms with Gasteiger partial charge < -0.3 is 9.32 Å². The van der Waals surface area contributed by atoms with Gasteiger partial charge in [0.25, 0.3) is 5.91 Å². The van der Waals surface area contributed by atoms with Gasteiger partial charge in [-0.05, 0) is 25.1 Å². The second kappa shape index (κ2) is 4.85. The molecule has 1 N–H and O–H groups in total. The van der Waals surface area contributed by atoms with Crippen LogP contribution in [0.3, 0.4) is 0 Å². The summed E-state index contributed by atoms with van der Waals surface area (Å²) < 4.78 is 5.50. The quantitative estimate of drug-likeness (QED) is 0.795. The molecule has 0 fully saturated rings. The van der Waals surface area contributed by atoms with Crippen molar-refractivity contribution in [1.82, 2.24) is 15.1 Å². The van der Waals surface area contributed by atoms with E-state index >= 15 is 0 Å². The summed E-state index contributed by atoms with van der Waals surface area (Å²) in [6.07, 6.45) is 1.71. The number of aromatic amines is 1. The lowest BCUT2D eigenvalue weighted by molar-refractivity contribution is 0.0776. The molecule has 1 amide bonds. The SMILES string of the molecule is Cc1ccc(CN(C)C(=O)c2cccc3cn[nH]c23)o1. The van der Waals surface area contributed by atoms with Crippen molar-refractivity contribution in [2.75, 3.05) is 7.05 Å². The second-order valence-electron chi connectivity index (χ2n) is 4.81. The smallest absolute Gasteiger partial charge is 0.256 e. The number of fused-ring (bicyclic) bond motifs is 1. The number of aromatic nitrogens is 2. The van der Waals surface area contributed by atoms with E-state index in [4.69, 9.17) is 4.42 Å². The lowest BCUT2D eigenvalue weighted by atomic mass is 10.1. The normalized spacial score (nSPS) is 10.9. The number of hydrogen-bond donors (Lipinski definition) is 1. The van der Waals surface area contributed by atoms with Gasteiger partial charge in [0.15, 0.2) is 0 Å². The Bertz CT molecular complexity index is 757. The van der Waals surface area contributed by atoms with Crippen LogP contribution in [0.25, 0.3) is 10.9 Å². The predicted octanol–water partition coefficient (Wildman–Crippen LogP) is 2.74. The largest absolute Gasteiger partial charge is 0.464 e. The molecule has 0 unspecified atom stereocenters. The maximum Gasteiger partial charge on any atom is 0.256 e. The molecule has 1 aromatic carbocycles. The number of carbonyl (C=O) groups is 1. The lowest BCUT2D eigenvalue weighted by Gasteiger charge is -2.16. The number of nitrogens with zero attached hydrogens (tertiary/aromatic N) is 2. The molecule has 2 aromatic heterocycles. The van der Waals surface area contributed by atoms with E-state index in [-0.39, 0.29) is 5.91 Å². The van der Waals surface area contributed by atoms with Crippen molar-refractivity contribution >= 4 is 16.8 Å². The van der Waals surface area contributed by atoms with Gasteiger partial charge in [0.2, 0.25) is 0 Å². The first kappa shape index (κ1) is 12.5. The summed E-state index contributed by atoms with van der Waals surface area (Å²) in [6, 6.07) is 9.35. The van der Waals surface area contributed by atoms with E-state index in [0.717, 1.165) is 22.4 Å². The third-order valence-corrected chi connectivity index (χ3v) is 3.24. The maximum absolute atomic E-state index is 12.5. The number of carbonyl (C=O) groups excluding carboxylic acids is 1. The Morgan fingerprint density at radius 1 is 1.35 bits per heavy atom. The van der Waals surface area contributed by atoms with Crippen LogP contribution < -0.4 is 0 Å². The van der Waals surface area contributed by atoms with Crippen molar-refractivity contribution in [2.24, 2.45) is 0 Å². The van der Waals surface area contributed by atoms with Gasteiger partial charge in [-0.25, -0.2) is 0 Å². The van der Waals surface area contributed by atoms with Crippen LogP contribution in [0.15, 0.2) is 40.9 Å².